The van der Waals surface area contributed by atoms with Crippen molar-refractivity contribution < 1.29 is 34.3 Å². The molecule has 198 valence electrons. The summed E-state index contributed by atoms with van der Waals surface area (Å²) in [6.07, 6.45) is 2.88. The minimum atomic E-state index is -1.92. The first-order valence-corrected chi connectivity index (χ1v) is 13.3. The van der Waals surface area contributed by atoms with Crippen LogP contribution in [0.1, 0.15) is 68.2 Å². The maximum absolute atomic E-state index is 13.4. The third-order valence-corrected chi connectivity index (χ3v) is 11.1. The minimum Gasteiger partial charge on any atom is -0.390 e. The van der Waals surface area contributed by atoms with Crippen LogP contribution >= 0.6 is 0 Å². The Hall–Kier alpha value is -0.830. The van der Waals surface area contributed by atoms with Crippen LogP contribution in [0.15, 0.2) is 12.2 Å². The van der Waals surface area contributed by atoms with Crippen molar-refractivity contribution in [3.05, 3.63) is 12.2 Å². The number of ketones is 1. The average Bonchev–Trinajstić information content (AvgIpc) is 3.40. The molecule has 1 saturated heterocycles. The van der Waals surface area contributed by atoms with Crippen molar-refractivity contribution in [3.8, 4) is 0 Å². The van der Waals surface area contributed by atoms with E-state index < -0.39 is 63.2 Å². The van der Waals surface area contributed by atoms with E-state index in [1.54, 1.807) is 19.9 Å². The standard InChI is InChI=1S/C28H44O7/c1-9-15(2)13-33-25(8)21(30)16(3)27(31)18-10-11-19(29)28(18,32)22-26(14-34-24(6,7)35-22)12-17(26)20(27)23(25,4)5/h10-11,15-18,20-22,30-32H,9,12-14H2,1-8H3/t15-,16+,17-,18-,20-,21+,22?,25+,26+,27-,28+/m0/s1. The van der Waals surface area contributed by atoms with E-state index in [0.29, 0.717) is 25.6 Å². The van der Waals surface area contributed by atoms with Gasteiger partial charge < -0.3 is 29.5 Å². The van der Waals surface area contributed by atoms with Crippen LogP contribution in [0, 0.1) is 40.4 Å². The van der Waals surface area contributed by atoms with E-state index in [2.05, 4.69) is 27.7 Å². The van der Waals surface area contributed by atoms with Gasteiger partial charge >= 0.3 is 0 Å². The number of hydrogen-bond donors (Lipinski definition) is 3. The van der Waals surface area contributed by atoms with Crippen LogP contribution in [0.3, 0.4) is 0 Å². The van der Waals surface area contributed by atoms with E-state index >= 15 is 0 Å². The lowest BCUT2D eigenvalue weighted by Crippen LogP contribution is -2.75. The molecular formula is C28H44O7. The van der Waals surface area contributed by atoms with E-state index in [1.807, 2.05) is 13.8 Å². The van der Waals surface area contributed by atoms with Crippen molar-refractivity contribution in [1.29, 1.82) is 0 Å². The third kappa shape index (κ3) is 2.97. The second kappa shape index (κ2) is 7.39. The smallest absolute Gasteiger partial charge is 0.190 e. The third-order valence-electron chi connectivity index (χ3n) is 11.1. The number of aliphatic hydroxyl groups is 3. The zero-order chi connectivity index (χ0) is 26.0. The highest BCUT2D eigenvalue weighted by atomic mass is 16.7. The molecular weight excluding hydrogens is 448 g/mol. The fourth-order valence-electron chi connectivity index (χ4n) is 8.32. The zero-order valence-electron chi connectivity index (χ0n) is 22.5. The second-order valence-corrected chi connectivity index (χ2v) is 13.5. The van der Waals surface area contributed by atoms with Crippen molar-refractivity contribution in [3.63, 3.8) is 0 Å². The molecule has 3 N–H and O–H groups in total. The minimum absolute atomic E-state index is 0.0547. The Balaban J connectivity index is 1.68. The van der Waals surface area contributed by atoms with Crippen LogP contribution in [-0.2, 0) is 19.0 Å². The first-order chi connectivity index (χ1) is 16.0. The van der Waals surface area contributed by atoms with E-state index in [0.717, 1.165) is 6.42 Å². The monoisotopic (exact) mass is 492 g/mol. The summed E-state index contributed by atoms with van der Waals surface area (Å²) in [6.45, 7) is 16.6. The predicted molar refractivity (Wildman–Crippen MR) is 129 cm³/mol. The first kappa shape index (κ1) is 25.8. The molecule has 7 nitrogen and oxygen atoms in total. The molecule has 4 fully saturated rings. The molecule has 0 aromatic carbocycles. The van der Waals surface area contributed by atoms with Crippen LogP contribution in [0.5, 0.6) is 0 Å². The molecule has 0 aromatic heterocycles. The van der Waals surface area contributed by atoms with Gasteiger partial charge in [0, 0.05) is 28.6 Å². The first-order valence-electron chi connectivity index (χ1n) is 13.3. The molecule has 5 aliphatic rings. The van der Waals surface area contributed by atoms with Gasteiger partial charge in [0.05, 0.1) is 30.5 Å². The number of hydrogen-bond acceptors (Lipinski definition) is 7. The van der Waals surface area contributed by atoms with Gasteiger partial charge in [-0.15, -0.1) is 0 Å². The zero-order valence-corrected chi connectivity index (χ0v) is 22.5. The molecule has 5 rings (SSSR count). The van der Waals surface area contributed by atoms with Gasteiger partial charge in [0.2, 0.25) is 0 Å². The van der Waals surface area contributed by atoms with Gasteiger partial charge in [0.15, 0.2) is 17.2 Å². The fourth-order valence-corrected chi connectivity index (χ4v) is 8.32. The Kier molecular flexibility index (Phi) is 5.45. The predicted octanol–water partition coefficient (Wildman–Crippen LogP) is 2.85. The average molecular weight is 493 g/mol. The summed E-state index contributed by atoms with van der Waals surface area (Å²) in [5, 5.41) is 36.8. The summed E-state index contributed by atoms with van der Waals surface area (Å²) >= 11 is 0. The van der Waals surface area contributed by atoms with E-state index in [9.17, 15) is 20.1 Å². The Labute approximate surface area is 209 Å². The number of fused-ring (bicyclic) bond motifs is 5. The summed E-state index contributed by atoms with van der Waals surface area (Å²) in [5.41, 5.74) is -5.67. The Morgan fingerprint density at radius 3 is 2.49 bits per heavy atom. The lowest BCUT2D eigenvalue weighted by Gasteiger charge is -2.65. The maximum Gasteiger partial charge on any atom is 0.190 e. The topological polar surface area (TPSA) is 105 Å². The lowest BCUT2D eigenvalue weighted by atomic mass is 9.46. The van der Waals surface area contributed by atoms with E-state index in [1.165, 1.54) is 6.08 Å². The maximum atomic E-state index is 13.4. The molecule has 1 spiro atoms. The van der Waals surface area contributed by atoms with Crippen molar-refractivity contribution in [2.24, 2.45) is 40.4 Å². The quantitative estimate of drug-likeness (QED) is 0.554. The van der Waals surface area contributed by atoms with Crippen molar-refractivity contribution >= 4 is 5.78 Å². The number of rotatable bonds is 4. The van der Waals surface area contributed by atoms with E-state index in [4.69, 9.17) is 14.2 Å². The Bertz CT molecular complexity index is 944. The van der Waals surface area contributed by atoms with Crippen LogP contribution in [-0.4, -0.2) is 69.1 Å². The molecule has 7 heteroatoms. The van der Waals surface area contributed by atoms with Gasteiger partial charge in [-0.1, -0.05) is 47.1 Å². The molecule has 0 amide bonds. The summed E-state index contributed by atoms with van der Waals surface area (Å²) in [6, 6.07) is 0. The molecule has 0 bridgehead atoms. The van der Waals surface area contributed by atoms with Gasteiger partial charge in [-0.2, -0.15) is 0 Å². The molecule has 11 atom stereocenters. The molecule has 35 heavy (non-hydrogen) atoms. The summed E-state index contributed by atoms with van der Waals surface area (Å²) in [4.78, 5) is 13.4. The Morgan fingerprint density at radius 1 is 1.20 bits per heavy atom. The number of aliphatic hydroxyl groups excluding tert-OH is 1. The van der Waals surface area contributed by atoms with Gasteiger partial charge in [-0.05, 0) is 45.1 Å². The van der Waals surface area contributed by atoms with E-state index in [-0.39, 0.29) is 11.8 Å². The van der Waals surface area contributed by atoms with Crippen LogP contribution in [0.4, 0.5) is 0 Å². The van der Waals surface area contributed by atoms with Gasteiger partial charge in [0.25, 0.3) is 0 Å². The van der Waals surface area contributed by atoms with Gasteiger partial charge in [-0.25, -0.2) is 0 Å². The molecule has 0 radical (unpaired) electrons. The largest absolute Gasteiger partial charge is 0.390 e. The van der Waals surface area contributed by atoms with Crippen molar-refractivity contribution in [1.82, 2.24) is 0 Å². The van der Waals surface area contributed by atoms with Gasteiger partial charge in [0.1, 0.15) is 6.10 Å². The normalized spacial score (nSPS) is 54.2. The van der Waals surface area contributed by atoms with Crippen molar-refractivity contribution in [2.75, 3.05) is 13.2 Å². The van der Waals surface area contributed by atoms with Crippen molar-refractivity contribution in [2.45, 2.75) is 103 Å². The molecule has 4 aliphatic carbocycles. The molecule has 3 saturated carbocycles. The highest BCUT2D eigenvalue weighted by Crippen LogP contribution is 2.76. The second-order valence-electron chi connectivity index (χ2n) is 13.5. The van der Waals surface area contributed by atoms with Crippen LogP contribution in [0.2, 0.25) is 0 Å². The number of ether oxygens (including phenoxy) is 3. The summed E-state index contributed by atoms with van der Waals surface area (Å²) in [7, 11) is 0. The highest BCUT2D eigenvalue weighted by molar-refractivity contribution is 6.01. The Morgan fingerprint density at radius 2 is 1.86 bits per heavy atom. The number of carbonyl (C=O) groups excluding carboxylic acids is 1. The van der Waals surface area contributed by atoms with Crippen LogP contribution < -0.4 is 0 Å². The van der Waals surface area contributed by atoms with Gasteiger partial charge in [-0.3, -0.25) is 4.79 Å². The lowest BCUT2D eigenvalue weighted by molar-refractivity contribution is -0.333. The highest BCUT2D eigenvalue weighted by Gasteiger charge is 2.84. The summed E-state index contributed by atoms with van der Waals surface area (Å²) < 4.78 is 19.1. The SMILES string of the molecule is CC[C@H](C)CO[C@]1(C)[C@H](O)[C@@H](C)[C@@]2(O)[C@@H]([C@@H]3C[C@@]34COC(C)(C)OC4[C@]3(O)C(=O)C=C[C@@H]23)C1(C)C. The molecule has 1 heterocycles. The molecule has 1 aliphatic heterocycles. The molecule has 0 aromatic rings. The fraction of sp³-hybridized carbons (Fsp3) is 0.893. The summed E-state index contributed by atoms with van der Waals surface area (Å²) in [5.74, 6) is -3.04. The molecule has 1 unspecified atom stereocenters. The van der Waals surface area contributed by atoms with Crippen LogP contribution in [0.25, 0.3) is 0 Å². The number of carbonyl (C=O) groups is 1.